The van der Waals surface area contributed by atoms with Gasteiger partial charge >= 0.3 is 12.0 Å². The Morgan fingerprint density at radius 3 is 2.42 bits per heavy atom. The van der Waals surface area contributed by atoms with E-state index in [1.54, 1.807) is 12.2 Å². The second-order valence-corrected chi connectivity index (χ2v) is 5.98. The van der Waals surface area contributed by atoms with Gasteiger partial charge in [-0.1, -0.05) is 18.6 Å². The summed E-state index contributed by atoms with van der Waals surface area (Å²) in [7, 11) is 0. The predicted octanol–water partition coefficient (Wildman–Crippen LogP) is 1.46. The normalized spacial score (nSPS) is 36.5. The van der Waals surface area contributed by atoms with Crippen LogP contribution >= 0.6 is 0 Å². The number of aliphatic carboxylic acids is 1. The Morgan fingerprint density at radius 2 is 1.84 bits per heavy atom. The van der Waals surface area contributed by atoms with Crippen molar-refractivity contribution in [1.29, 1.82) is 0 Å². The van der Waals surface area contributed by atoms with Crippen molar-refractivity contribution in [3.63, 3.8) is 0 Å². The number of amides is 2. The molecule has 4 atom stereocenters. The number of carbonyl (C=O) groups is 2. The summed E-state index contributed by atoms with van der Waals surface area (Å²) in [5.41, 5.74) is 0. The maximum Gasteiger partial charge on any atom is 0.317 e. The number of carboxylic acids is 1. The van der Waals surface area contributed by atoms with Gasteiger partial charge < -0.3 is 15.3 Å². The van der Waals surface area contributed by atoms with Crippen LogP contribution in [0.3, 0.4) is 0 Å². The van der Waals surface area contributed by atoms with Crippen LogP contribution in [0.5, 0.6) is 0 Å². The molecule has 0 aromatic rings. The summed E-state index contributed by atoms with van der Waals surface area (Å²) >= 11 is 0. The smallest absolute Gasteiger partial charge is 0.317 e. The molecule has 3 aliphatic rings. The molecule has 2 aliphatic carbocycles. The van der Waals surface area contributed by atoms with Crippen molar-refractivity contribution in [2.24, 2.45) is 17.8 Å². The third kappa shape index (κ3) is 2.46. The Hall–Kier alpha value is -1.52. The fourth-order valence-electron chi connectivity index (χ4n) is 3.64. The van der Waals surface area contributed by atoms with Crippen LogP contribution in [0.4, 0.5) is 4.79 Å². The molecule has 0 radical (unpaired) electrons. The lowest BCUT2D eigenvalue weighted by atomic mass is 10.0. The Kier molecular flexibility index (Phi) is 3.21. The van der Waals surface area contributed by atoms with Gasteiger partial charge in [-0.2, -0.15) is 0 Å². The van der Waals surface area contributed by atoms with Crippen molar-refractivity contribution in [1.82, 2.24) is 10.2 Å². The number of rotatable bonds is 2. The molecule has 0 aromatic carbocycles. The van der Waals surface area contributed by atoms with Crippen LogP contribution < -0.4 is 5.32 Å². The lowest BCUT2D eigenvalue weighted by Gasteiger charge is -2.21. The Balaban J connectivity index is 1.50. The zero-order chi connectivity index (χ0) is 13.4. The van der Waals surface area contributed by atoms with Gasteiger partial charge in [0.2, 0.25) is 0 Å². The van der Waals surface area contributed by atoms with Crippen LogP contribution in [0.15, 0.2) is 12.2 Å². The molecule has 1 saturated carbocycles. The molecule has 5 nitrogen and oxygen atoms in total. The molecule has 1 heterocycles. The van der Waals surface area contributed by atoms with E-state index in [4.69, 9.17) is 5.11 Å². The number of urea groups is 1. The van der Waals surface area contributed by atoms with Gasteiger partial charge in [0.05, 0.1) is 12.0 Å². The number of nitrogens with zero attached hydrogens (tertiary/aromatic N) is 1. The Morgan fingerprint density at radius 1 is 1.16 bits per heavy atom. The summed E-state index contributed by atoms with van der Waals surface area (Å²) in [6.45, 7) is 1.74. The first-order valence-corrected chi connectivity index (χ1v) is 7.10. The van der Waals surface area contributed by atoms with Crippen LogP contribution in [-0.4, -0.2) is 41.1 Å². The Labute approximate surface area is 112 Å². The number of carbonyl (C=O) groups excluding carboxylic acids is 1. The van der Waals surface area contributed by atoms with Crippen molar-refractivity contribution < 1.29 is 14.7 Å². The van der Waals surface area contributed by atoms with Crippen LogP contribution in [0.2, 0.25) is 0 Å². The maximum absolute atomic E-state index is 12.1. The molecule has 5 heteroatoms. The molecular weight excluding hydrogens is 244 g/mol. The van der Waals surface area contributed by atoms with E-state index in [1.165, 1.54) is 19.3 Å². The quantitative estimate of drug-likeness (QED) is 0.742. The lowest BCUT2D eigenvalue weighted by molar-refractivity contribution is -0.140. The second kappa shape index (κ2) is 4.87. The molecule has 2 fully saturated rings. The first-order valence-electron chi connectivity index (χ1n) is 7.10. The molecule has 4 unspecified atom stereocenters. The van der Waals surface area contributed by atoms with Gasteiger partial charge in [-0.25, -0.2) is 4.79 Å². The van der Waals surface area contributed by atoms with E-state index in [1.807, 2.05) is 4.90 Å². The van der Waals surface area contributed by atoms with Gasteiger partial charge in [-0.3, -0.25) is 4.79 Å². The average Bonchev–Trinajstić information content (AvgIpc) is 3.02. The zero-order valence-corrected chi connectivity index (χ0v) is 10.9. The number of nitrogens with one attached hydrogen (secondary N) is 1. The van der Waals surface area contributed by atoms with Crippen molar-refractivity contribution in [3.05, 3.63) is 12.2 Å². The molecule has 2 amide bonds. The average molecular weight is 264 g/mol. The summed E-state index contributed by atoms with van der Waals surface area (Å²) in [5.74, 6) is 0.111. The SMILES string of the molecule is O=C(O)C1C=CC(NC(=O)N2CC3CCCC3C2)C1. The van der Waals surface area contributed by atoms with Gasteiger partial charge in [0.1, 0.15) is 0 Å². The lowest BCUT2D eigenvalue weighted by Crippen LogP contribution is -2.43. The summed E-state index contributed by atoms with van der Waals surface area (Å²) in [6, 6.07) is -0.163. The first-order chi connectivity index (χ1) is 9.13. The number of hydrogen-bond acceptors (Lipinski definition) is 2. The van der Waals surface area contributed by atoms with Crippen LogP contribution in [0.1, 0.15) is 25.7 Å². The van der Waals surface area contributed by atoms with Crippen molar-refractivity contribution >= 4 is 12.0 Å². The van der Waals surface area contributed by atoms with Crippen molar-refractivity contribution in [3.8, 4) is 0 Å². The second-order valence-electron chi connectivity index (χ2n) is 5.98. The summed E-state index contributed by atoms with van der Waals surface area (Å²) < 4.78 is 0. The third-order valence-corrected chi connectivity index (χ3v) is 4.72. The third-order valence-electron chi connectivity index (χ3n) is 4.72. The van der Waals surface area contributed by atoms with E-state index < -0.39 is 11.9 Å². The zero-order valence-electron chi connectivity index (χ0n) is 10.9. The number of fused-ring (bicyclic) bond motifs is 1. The summed E-state index contributed by atoms with van der Waals surface area (Å²) in [4.78, 5) is 24.9. The number of likely N-dealkylation sites (tertiary alicyclic amines) is 1. The highest BCUT2D eigenvalue weighted by atomic mass is 16.4. The molecule has 0 spiro atoms. The molecule has 1 saturated heterocycles. The highest BCUT2D eigenvalue weighted by molar-refractivity contribution is 5.76. The van der Waals surface area contributed by atoms with Crippen LogP contribution in [0.25, 0.3) is 0 Å². The van der Waals surface area contributed by atoms with E-state index in [0.717, 1.165) is 13.1 Å². The molecule has 0 aromatic heterocycles. The van der Waals surface area contributed by atoms with Gasteiger partial charge in [0, 0.05) is 13.1 Å². The fourth-order valence-corrected chi connectivity index (χ4v) is 3.64. The van der Waals surface area contributed by atoms with Crippen molar-refractivity contribution in [2.75, 3.05) is 13.1 Å². The minimum atomic E-state index is -0.816. The minimum Gasteiger partial charge on any atom is -0.481 e. The van der Waals surface area contributed by atoms with Crippen molar-refractivity contribution in [2.45, 2.75) is 31.7 Å². The van der Waals surface area contributed by atoms with E-state index in [-0.39, 0.29) is 12.1 Å². The molecular formula is C14H20N2O3. The standard InChI is InChI=1S/C14H20N2O3/c17-13(18)9-4-5-12(6-9)15-14(19)16-7-10-2-1-3-11(10)8-16/h4-5,9-12H,1-3,6-8H2,(H,15,19)(H,17,18). The molecule has 104 valence electrons. The van der Waals surface area contributed by atoms with E-state index in [0.29, 0.717) is 18.3 Å². The molecule has 0 bridgehead atoms. The van der Waals surface area contributed by atoms with Gasteiger partial charge in [0.25, 0.3) is 0 Å². The first kappa shape index (κ1) is 12.5. The van der Waals surface area contributed by atoms with Crippen LogP contribution in [0, 0.1) is 17.8 Å². The summed E-state index contributed by atoms with van der Waals surface area (Å²) in [6.07, 6.45) is 7.75. The van der Waals surface area contributed by atoms with Gasteiger partial charge in [-0.05, 0) is 31.1 Å². The predicted molar refractivity (Wildman–Crippen MR) is 69.6 cm³/mol. The molecule has 2 N–H and O–H groups in total. The highest BCUT2D eigenvalue weighted by Gasteiger charge is 2.38. The molecule has 1 aliphatic heterocycles. The maximum atomic E-state index is 12.1. The monoisotopic (exact) mass is 264 g/mol. The van der Waals surface area contributed by atoms with Crippen LogP contribution in [-0.2, 0) is 4.79 Å². The van der Waals surface area contributed by atoms with E-state index in [2.05, 4.69) is 5.32 Å². The molecule has 19 heavy (non-hydrogen) atoms. The number of hydrogen-bond donors (Lipinski definition) is 2. The van der Waals surface area contributed by atoms with E-state index >= 15 is 0 Å². The van der Waals surface area contributed by atoms with E-state index in [9.17, 15) is 9.59 Å². The van der Waals surface area contributed by atoms with Gasteiger partial charge in [0.15, 0.2) is 0 Å². The van der Waals surface area contributed by atoms with Gasteiger partial charge in [-0.15, -0.1) is 0 Å². The topological polar surface area (TPSA) is 69.6 Å². The summed E-state index contributed by atoms with van der Waals surface area (Å²) in [5, 5.41) is 11.8. The Bertz CT molecular complexity index is 409. The fraction of sp³-hybridized carbons (Fsp3) is 0.714. The number of carboxylic acid groups (broad SMARTS) is 1. The largest absolute Gasteiger partial charge is 0.481 e. The highest BCUT2D eigenvalue weighted by Crippen LogP contribution is 2.37. The molecule has 3 rings (SSSR count). The minimum absolute atomic E-state index is 0.0323.